The van der Waals surface area contributed by atoms with Crippen LogP contribution < -0.4 is 25.4 Å². The lowest BCUT2D eigenvalue weighted by molar-refractivity contribution is -0.137. The second-order valence-corrected chi connectivity index (χ2v) is 12.1. The van der Waals surface area contributed by atoms with Gasteiger partial charge < -0.3 is 25.4 Å². The fraction of sp³-hybridized carbons (Fsp3) is 0.552. The predicted molar refractivity (Wildman–Crippen MR) is 157 cm³/mol. The molecule has 6 rings (SSSR count). The molecule has 0 amide bonds. The highest BCUT2D eigenvalue weighted by molar-refractivity contribution is 6.32. The van der Waals surface area contributed by atoms with E-state index in [1.54, 1.807) is 0 Å². The molecule has 15 heteroatoms. The predicted octanol–water partition coefficient (Wildman–Crippen LogP) is 5.24. The molecule has 0 aliphatic carbocycles. The zero-order chi connectivity index (χ0) is 31.4. The average Bonchev–Trinajstić information content (AvgIpc) is 3.43. The molecule has 0 bridgehead atoms. The molecule has 238 valence electrons. The van der Waals surface area contributed by atoms with E-state index in [9.17, 15) is 17.6 Å². The number of rotatable bonds is 8. The molecular formula is C29H33ClF5N7O2. The first-order valence-electron chi connectivity index (χ1n) is 14.6. The van der Waals surface area contributed by atoms with Crippen LogP contribution in [0.5, 0.6) is 11.9 Å². The molecule has 9 nitrogen and oxygen atoms in total. The molecule has 2 fully saturated rings. The lowest BCUT2D eigenvalue weighted by Gasteiger charge is -2.31. The minimum Gasteiger partial charge on any atom is -0.475 e. The van der Waals surface area contributed by atoms with E-state index in [1.807, 2.05) is 18.9 Å². The Balaban J connectivity index is 1.53. The van der Waals surface area contributed by atoms with Crippen molar-refractivity contribution in [1.82, 2.24) is 25.2 Å². The SMILES string of the molecule is CNCCCN1c2nc(OC[C@@]34CCCN3C[C@H](F)C4)nc3c(F)c(-c4cc(N)cc(Cl)c4C(F)(F)F)nc(c23)OCC1C. The van der Waals surface area contributed by atoms with Crippen molar-refractivity contribution in [3.05, 3.63) is 28.5 Å². The van der Waals surface area contributed by atoms with Gasteiger partial charge in [0.2, 0.25) is 5.88 Å². The van der Waals surface area contributed by atoms with Gasteiger partial charge in [-0.15, -0.1) is 0 Å². The third kappa shape index (κ3) is 5.45. The number of fused-ring (bicyclic) bond motifs is 1. The summed E-state index contributed by atoms with van der Waals surface area (Å²) in [4.78, 5) is 17.3. The van der Waals surface area contributed by atoms with E-state index in [0.717, 1.165) is 31.5 Å². The van der Waals surface area contributed by atoms with Crippen molar-refractivity contribution < 1.29 is 31.4 Å². The first-order valence-corrected chi connectivity index (χ1v) is 14.9. The number of hydrogen-bond donors (Lipinski definition) is 2. The quantitative estimate of drug-likeness (QED) is 0.194. The largest absolute Gasteiger partial charge is 0.475 e. The summed E-state index contributed by atoms with van der Waals surface area (Å²) in [6.07, 6.45) is -3.29. The monoisotopic (exact) mass is 641 g/mol. The number of benzene rings is 1. The Hall–Kier alpha value is -3.23. The molecular weight excluding hydrogens is 609 g/mol. The Labute approximate surface area is 255 Å². The molecule has 5 heterocycles. The summed E-state index contributed by atoms with van der Waals surface area (Å²) in [6, 6.07) is 1.49. The first kappa shape index (κ1) is 30.8. The van der Waals surface area contributed by atoms with Crippen molar-refractivity contribution in [3.63, 3.8) is 0 Å². The molecule has 44 heavy (non-hydrogen) atoms. The molecule has 3 aliphatic rings. The number of nitrogen functional groups attached to an aromatic ring is 1. The maximum Gasteiger partial charge on any atom is 0.418 e. The smallest absolute Gasteiger partial charge is 0.418 e. The van der Waals surface area contributed by atoms with Gasteiger partial charge in [0.25, 0.3) is 0 Å². The van der Waals surface area contributed by atoms with Gasteiger partial charge >= 0.3 is 12.2 Å². The van der Waals surface area contributed by atoms with Crippen LogP contribution in [0.2, 0.25) is 5.02 Å². The normalized spacial score (nSPS) is 23.6. The minimum atomic E-state index is -4.94. The summed E-state index contributed by atoms with van der Waals surface area (Å²) in [5.41, 5.74) is 2.30. The Bertz CT molecular complexity index is 1580. The highest BCUT2D eigenvalue weighted by Gasteiger charge is 2.49. The average molecular weight is 642 g/mol. The van der Waals surface area contributed by atoms with E-state index >= 15 is 4.39 Å². The second kappa shape index (κ2) is 11.6. The van der Waals surface area contributed by atoms with Crippen molar-refractivity contribution in [3.8, 4) is 23.1 Å². The fourth-order valence-corrected chi connectivity index (χ4v) is 6.99. The third-order valence-corrected chi connectivity index (χ3v) is 8.98. The van der Waals surface area contributed by atoms with Gasteiger partial charge in [-0.3, -0.25) is 4.90 Å². The van der Waals surface area contributed by atoms with Crippen LogP contribution in [-0.2, 0) is 6.18 Å². The maximum atomic E-state index is 16.6. The lowest BCUT2D eigenvalue weighted by Crippen LogP contribution is -2.43. The summed E-state index contributed by atoms with van der Waals surface area (Å²) in [5, 5.41) is 2.51. The summed E-state index contributed by atoms with van der Waals surface area (Å²) >= 11 is 5.99. The first-order chi connectivity index (χ1) is 20.9. The zero-order valence-corrected chi connectivity index (χ0v) is 25.0. The van der Waals surface area contributed by atoms with Crippen LogP contribution in [0, 0.1) is 5.82 Å². The number of aromatic nitrogens is 3. The van der Waals surface area contributed by atoms with Gasteiger partial charge in [-0.05, 0) is 58.5 Å². The number of nitrogens with one attached hydrogen (secondary N) is 1. The molecule has 2 saturated heterocycles. The van der Waals surface area contributed by atoms with Gasteiger partial charge in [0.05, 0.1) is 22.2 Å². The summed E-state index contributed by atoms with van der Waals surface area (Å²) in [7, 11) is 1.83. The van der Waals surface area contributed by atoms with E-state index in [2.05, 4.69) is 25.2 Å². The number of hydrogen-bond acceptors (Lipinski definition) is 9. The molecule has 3 N–H and O–H groups in total. The van der Waals surface area contributed by atoms with Crippen LogP contribution in [0.3, 0.4) is 0 Å². The topological polar surface area (TPSA) is 102 Å². The van der Waals surface area contributed by atoms with Gasteiger partial charge in [0, 0.05) is 30.8 Å². The van der Waals surface area contributed by atoms with Crippen LogP contribution in [0.1, 0.15) is 38.2 Å². The van der Waals surface area contributed by atoms with Crippen molar-refractivity contribution in [2.24, 2.45) is 0 Å². The van der Waals surface area contributed by atoms with E-state index in [1.165, 1.54) is 0 Å². The van der Waals surface area contributed by atoms with Gasteiger partial charge in [0.15, 0.2) is 5.82 Å². The highest BCUT2D eigenvalue weighted by Crippen LogP contribution is 2.46. The molecule has 0 saturated carbocycles. The molecule has 0 radical (unpaired) electrons. The summed E-state index contributed by atoms with van der Waals surface area (Å²) in [6.45, 7) is 4.34. The molecule has 3 aromatic rings. The Morgan fingerprint density at radius 3 is 2.80 bits per heavy atom. The number of nitrogens with zero attached hydrogens (tertiary/aromatic N) is 5. The molecule has 2 aromatic heterocycles. The van der Waals surface area contributed by atoms with Crippen LogP contribution in [0.4, 0.5) is 33.5 Å². The van der Waals surface area contributed by atoms with E-state index < -0.39 is 45.5 Å². The highest BCUT2D eigenvalue weighted by atomic mass is 35.5. The molecule has 1 aromatic carbocycles. The number of pyridine rings is 1. The van der Waals surface area contributed by atoms with Gasteiger partial charge in [0.1, 0.15) is 41.8 Å². The van der Waals surface area contributed by atoms with E-state index in [0.29, 0.717) is 32.5 Å². The number of alkyl halides is 4. The van der Waals surface area contributed by atoms with Crippen LogP contribution in [0.25, 0.3) is 22.2 Å². The molecule has 1 unspecified atom stereocenters. The number of nitrogens with two attached hydrogens (primary N) is 1. The summed E-state index contributed by atoms with van der Waals surface area (Å²) in [5.74, 6) is -0.969. The van der Waals surface area contributed by atoms with Crippen molar-refractivity contribution in [2.45, 2.75) is 56.5 Å². The van der Waals surface area contributed by atoms with Crippen LogP contribution in [0.15, 0.2) is 12.1 Å². The Kier molecular flexibility index (Phi) is 8.12. The zero-order valence-electron chi connectivity index (χ0n) is 24.3. The third-order valence-electron chi connectivity index (χ3n) is 8.69. The Morgan fingerprint density at radius 2 is 2.05 bits per heavy atom. The number of ether oxygens (including phenoxy) is 2. The maximum absolute atomic E-state index is 16.6. The van der Waals surface area contributed by atoms with Gasteiger partial charge in [-0.1, -0.05) is 11.6 Å². The Morgan fingerprint density at radius 1 is 1.25 bits per heavy atom. The lowest BCUT2D eigenvalue weighted by atomic mass is 9.95. The molecule has 3 atom stereocenters. The van der Waals surface area contributed by atoms with Crippen LogP contribution in [-0.4, -0.2) is 84.0 Å². The van der Waals surface area contributed by atoms with Crippen molar-refractivity contribution in [1.29, 1.82) is 0 Å². The number of anilines is 2. The molecule has 3 aliphatic heterocycles. The van der Waals surface area contributed by atoms with Gasteiger partial charge in [-0.2, -0.15) is 23.1 Å². The second-order valence-electron chi connectivity index (χ2n) is 11.7. The molecule has 0 spiro atoms. The van der Waals surface area contributed by atoms with Crippen molar-refractivity contribution >= 4 is 34.0 Å². The fourth-order valence-electron chi connectivity index (χ4n) is 6.66. The minimum absolute atomic E-state index is 0.0830. The standard InChI is InChI=1S/C29H33ClF5N7O2/c1-15-13-43-26-20-24(22(32)23(38-26)18-9-17(36)10-19(30)21(18)29(33,34)35)39-27(40-25(20)42(15)8-4-6-37-2)44-14-28-5-3-7-41(28)12-16(31)11-28/h9-10,15-16,37H,3-8,11-14,36H2,1-2H3/t15?,16-,28+/m1/s1. The van der Waals surface area contributed by atoms with E-state index in [-0.39, 0.29) is 53.6 Å². The van der Waals surface area contributed by atoms with Crippen molar-refractivity contribution in [2.75, 3.05) is 57.1 Å². The van der Waals surface area contributed by atoms with Crippen LogP contribution >= 0.6 is 11.6 Å². The van der Waals surface area contributed by atoms with Gasteiger partial charge in [-0.25, -0.2) is 13.8 Å². The summed E-state index contributed by atoms with van der Waals surface area (Å²) < 4.78 is 85.6. The number of halogens is 6. The van der Waals surface area contributed by atoms with E-state index in [4.69, 9.17) is 26.8 Å².